The van der Waals surface area contributed by atoms with E-state index in [1.807, 2.05) is 0 Å². The molecule has 0 saturated carbocycles. The van der Waals surface area contributed by atoms with Crippen molar-refractivity contribution in [2.45, 2.75) is 19.4 Å². The van der Waals surface area contributed by atoms with E-state index in [0.29, 0.717) is 12.0 Å². The molecule has 0 N–H and O–H groups in total. The maximum Gasteiger partial charge on any atom is 0.0883 e. The van der Waals surface area contributed by atoms with Gasteiger partial charge in [-0.3, -0.25) is 0 Å². The molecule has 0 bridgehead atoms. The fourth-order valence-electron chi connectivity index (χ4n) is 2.06. The van der Waals surface area contributed by atoms with Crippen LogP contribution >= 0.6 is 0 Å². The third kappa shape index (κ3) is 1.05. The SMILES string of the molecule is COC1C2=CC=CCC2=CC1C. The number of ether oxygens (including phenoxy) is 1. The summed E-state index contributed by atoms with van der Waals surface area (Å²) in [4.78, 5) is 0. The second kappa shape index (κ2) is 2.91. The van der Waals surface area contributed by atoms with Crippen LogP contribution in [-0.2, 0) is 4.74 Å². The predicted molar refractivity (Wildman–Crippen MR) is 49.9 cm³/mol. The van der Waals surface area contributed by atoms with E-state index in [4.69, 9.17) is 4.74 Å². The Bertz CT molecular complexity index is 271. The highest BCUT2D eigenvalue weighted by atomic mass is 16.5. The number of fused-ring (bicyclic) bond motifs is 1. The van der Waals surface area contributed by atoms with E-state index in [2.05, 4.69) is 31.2 Å². The zero-order valence-corrected chi connectivity index (χ0v) is 7.58. The molecule has 2 atom stereocenters. The molecule has 0 saturated heterocycles. The minimum absolute atomic E-state index is 0.296. The summed E-state index contributed by atoms with van der Waals surface area (Å²) in [6, 6.07) is 0. The van der Waals surface area contributed by atoms with Crippen LogP contribution in [-0.4, -0.2) is 13.2 Å². The van der Waals surface area contributed by atoms with Crippen LogP contribution in [0.15, 0.2) is 35.5 Å². The number of rotatable bonds is 1. The molecule has 64 valence electrons. The Hall–Kier alpha value is -0.820. The molecule has 0 fully saturated rings. The second-order valence-electron chi connectivity index (χ2n) is 3.46. The van der Waals surface area contributed by atoms with Crippen LogP contribution in [0.5, 0.6) is 0 Å². The molecule has 0 radical (unpaired) electrons. The number of methoxy groups -OCH3 is 1. The number of hydrogen-bond acceptors (Lipinski definition) is 1. The standard InChI is InChI=1S/C11H14O/c1-8-7-9-5-3-4-6-10(9)11(8)12-2/h3-4,6-8,11H,5H2,1-2H3. The van der Waals surface area contributed by atoms with E-state index in [9.17, 15) is 0 Å². The van der Waals surface area contributed by atoms with Gasteiger partial charge in [-0.1, -0.05) is 31.2 Å². The van der Waals surface area contributed by atoms with Gasteiger partial charge in [0.1, 0.15) is 0 Å². The van der Waals surface area contributed by atoms with Crippen molar-refractivity contribution in [2.75, 3.05) is 7.11 Å². The highest BCUT2D eigenvalue weighted by molar-refractivity contribution is 5.47. The summed E-state index contributed by atoms with van der Waals surface area (Å²) in [7, 11) is 1.79. The summed E-state index contributed by atoms with van der Waals surface area (Å²) in [5.74, 6) is 0.538. The highest BCUT2D eigenvalue weighted by Crippen LogP contribution is 2.35. The largest absolute Gasteiger partial charge is 0.376 e. The Morgan fingerprint density at radius 3 is 3.08 bits per heavy atom. The topological polar surface area (TPSA) is 9.23 Å². The maximum atomic E-state index is 5.44. The minimum Gasteiger partial charge on any atom is -0.376 e. The summed E-state index contributed by atoms with van der Waals surface area (Å²) in [6.45, 7) is 2.21. The van der Waals surface area contributed by atoms with Crippen molar-refractivity contribution in [2.24, 2.45) is 5.92 Å². The van der Waals surface area contributed by atoms with Crippen LogP contribution in [0.4, 0.5) is 0 Å². The first-order valence-corrected chi connectivity index (χ1v) is 4.43. The van der Waals surface area contributed by atoms with E-state index < -0.39 is 0 Å². The molecule has 2 aliphatic rings. The summed E-state index contributed by atoms with van der Waals surface area (Å²) in [6.07, 6.45) is 10.2. The Balaban J connectivity index is 2.32. The van der Waals surface area contributed by atoms with Crippen molar-refractivity contribution >= 4 is 0 Å². The summed E-state index contributed by atoms with van der Waals surface area (Å²) in [5.41, 5.74) is 2.84. The lowest BCUT2D eigenvalue weighted by Crippen LogP contribution is -2.16. The van der Waals surface area contributed by atoms with Crippen LogP contribution in [0.3, 0.4) is 0 Å². The van der Waals surface area contributed by atoms with Gasteiger partial charge in [0.05, 0.1) is 6.10 Å². The Labute approximate surface area is 73.4 Å². The third-order valence-electron chi connectivity index (χ3n) is 2.62. The Kier molecular flexibility index (Phi) is 1.89. The lowest BCUT2D eigenvalue weighted by atomic mass is 9.98. The first kappa shape index (κ1) is 7.81. The van der Waals surface area contributed by atoms with Gasteiger partial charge >= 0.3 is 0 Å². The lowest BCUT2D eigenvalue weighted by molar-refractivity contribution is 0.111. The first-order valence-electron chi connectivity index (χ1n) is 4.43. The van der Waals surface area contributed by atoms with E-state index in [1.165, 1.54) is 11.1 Å². The van der Waals surface area contributed by atoms with Gasteiger partial charge in [0.2, 0.25) is 0 Å². The summed E-state index contributed by atoms with van der Waals surface area (Å²) >= 11 is 0. The molecule has 0 aliphatic heterocycles. The summed E-state index contributed by atoms with van der Waals surface area (Å²) < 4.78 is 5.44. The smallest absolute Gasteiger partial charge is 0.0883 e. The van der Waals surface area contributed by atoms with Gasteiger partial charge in [-0.15, -0.1) is 0 Å². The van der Waals surface area contributed by atoms with Gasteiger partial charge in [0, 0.05) is 13.0 Å². The molecule has 0 amide bonds. The normalized spacial score (nSPS) is 32.8. The zero-order chi connectivity index (χ0) is 8.55. The molecule has 0 aromatic carbocycles. The Morgan fingerprint density at radius 1 is 1.50 bits per heavy atom. The number of hydrogen-bond donors (Lipinski definition) is 0. The van der Waals surface area contributed by atoms with Crippen LogP contribution in [0.25, 0.3) is 0 Å². The van der Waals surface area contributed by atoms with Crippen molar-refractivity contribution in [1.82, 2.24) is 0 Å². The van der Waals surface area contributed by atoms with E-state index in [1.54, 1.807) is 7.11 Å². The summed E-state index contributed by atoms with van der Waals surface area (Å²) in [5, 5.41) is 0. The van der Waals surface area contributed by atoms with Crippen LogP contribution < -0.4 is 0 Å². The fourth-order valence-corrected chi connectivity index (χ4v) is 2.06. The van der Waals surface area contributed by atoms with Crippen molar-refractivity contribution in [1.29, 1.82) is 0 Å². The van der Waals surface area contributed by atoms with Crippen molar-refractivity contribution in [3.8, 4) is 0 Å². The quantitative estimate of drug-likeness (QED) is 0.575. The Morgan fingerprint density at radius 2 is 2.33 bits per heavy atom. The average Bonchev–Trinajstić information content (AvgIpc) is 2.40. The lowest BCUT2D eigenvalue weighted by Gasteiger charge is -2.17. The number of allylic oxidation sites excluding steroid dienone is 3. The molecule has 0 aromatic heterocycles. The van der Waals surface area contributed by atoms with Gasteiger partial charge in [-0.25, -0.2) is 0 Å². The van der Waals surface area contributed by atoms with Crippen molar-refractivity contribution < 1.29 is 4.74 Å². The maximum absolute atomic E-state index is 5.44. The molecular weight excluding hydrogens is 148 g/mol. The molecule has 1 nitrogen and oxygen atoms in total. The second-order valence-corrected chi connectivity index (χ2v) is 3.46. The van der Waals surface area contributed by atoms with Crippen LogP contribution in [0, 0.1) is 5.92 Å². The van der Waals surface area contributed by atoms with E-state index in [-0.39, 0.29) is 0 Å². The van der Waals surface area contributed by atoms with Gasteiger partial charge in [-0.05, 0) is 17.6 Å². The fraction of sp³-hybridized carbons (Fsp3) is 0.455. The first-order chi connectivity index (χ1) is 5.83. The molecule has 12 heavy (non-hydrogen) atoms. The predicted octanol–water partition coefficient (Wildman–Crippen LogP) is 2.46. The van der Waals surface area contributed by atoms with Gasteiger partial charge in [-0.2, -0.15) is 0 Å². The molecule has 2 rings (SSSR count). The molecule has 2 unspecified atom stereocenters. The molecule has 2 aliphatic carbocycles. The molecule has 0 heterocycles. The monoisotopic (exact) mass is 162 g/mol. The minimum atomic E-state index is 0.296. The van der Waals surface area contributed by atoms with Crippen molar-refractivity contribution in [3.05, 3.63) is 35.5 Å². The average molecular weight is 162 g/mol. The highest BCUT2D eigenvalue weighted by Gasteiger charge is 2.28. The zero-order valence-electron chi connectivity index (χ0n) is 7.58. The van der Waals surface area contributed by atoms with E-state index >= 15 is 0 Å². The molecule has 0 aromatic rings. The van der Waals surface area contributed by atoms with Gasteiger partial charge in [0.25, 0.3) is 0 Å². The van der Waals surface area contributed by atoms with Crippen molar-refractivity contribution in [3.63, 3.8) is 0 Å². The van der Waals surface area contributed by atoms with E-state index in [0.717, 1.165) is 6.42 Å². The van der Waals surface area contributed by atoms with Gasteiger partial charge in [0.15, 0.2) is 0 Å². The van der Waals surface area contributed by atoms with Crippen LogP contribution in [0.1, 0.15) is 13.3 Å². The molecule has 0 spiro atoms. The molecular formula is C11H14O. The molecule has 1 heteroatoms. The van der Waals surface area contributed by atoms with Gasteiger partial charge < -0.3 is 4.74 Å². The van der Waals surface area contributed by atoms with Crippen LogP contribution in [0.2, 0.25) is 0 Å². The third-order valence-corrected chi connectivity index (χ3v) is 2.62.